The number of methoxy groups -OCH3 is 1. The summed E-state index contributed by atoms with van der Waals surface area (Å²) in [5, 5.41) is 12.2. The van der Waals surface area contributed by atoms with E-state index in [1.807, 2.05) is 23.6 Å². The maximum absolute atomic E-state index is 13.2. The lowest BCUT2D eigenvalue weighted by molar-refractivity contribution is 0.409. The van der Waals surface area contributed by atoms with Crippen molar-refractivity contribution in [2.24, 2.45) is 0 Å². The average molecular weight is 355 g/mol. The lowest BCUT2D eigenvalue weighted by Crippen LogP contribution is -2.27. The molecule has 0 aliphatic heterocycles. The number of nitrogens with zero attached hydrogens (tertiary/aromatic N) is 5. The summed E-state index contributed by atoms with van der Waals surface area (Å²) in [6.07, 6.45) is 5.95. The number of hydrogen-bond donors (Lipinski definition) is 0. The van der Waals surface area contributed by atoms with E-state index in [0.717, 1.165) is 29.3 Å². The van der Waals surface area contributed by atoms with Crippen molar-refractivity contribution in [3.05, 3.63) is 46.0 Å². The highest BCUT2D eigenvalue weighted by Gasteiger charge is 2.18. The van der Waals surface area contributed by atoms with Crippen LogP contribution in [0.1, 0.15) is 43.7 Å². The molecule has 138 valence electrons. The molecule has 0 aliphatic carbocycles. The van der Waals surface area contributed by atoms with Gasteiger partial charge in [0.25, 0.3) is 5.56 Å². The number of aromatic nitrogens is 5. The Balaban J connectivity index is 2.14. The van der Waals surface area contributed by atoms with Crippen LogP contribution in [0.2, 0.25) is 0 Å². The second kappa shape index (κ2) is 8.12. The molecule has 0 radical (unpaired) electrons. The van der Waals surface area contributed by atoms with Crippen molar-refractivity contribution in [3.63, 3.8) is 0 Å². The summed E-state index contributed by atoms with van der Waals surface area (Å²) < 4.78 is 9.06. The molecular weight excluding hydrogens is 330 g/mol. The summed E-state index contributed by atoms with van der Waals surface area (Å²) in [5.41, 5.74) is 2.58. The Morgan fingerprint density at radius 3 is 2.73 bits per heavy atom. The van der Waals surface area contributed by atoms with Gasteiger partial charge >= 0.3 is 0 Å². The van der Waals surface area contributed by atoms with E-state index in [4.69, 9.17) is 4.74 Å². The lowest BCUT2D eigenvalue weighted by Gasteiger charge is -2.17. The molecule has 7 nitrogen and oxygen atoms in total. The smallest absolute Gasteiger partial charge is 0.259 e. The standard InChI is InChI=1S/C19H25N5O2/c1-4-5-6-7-10-24-17-9-8-14(2)11-15(17)18(26-3)16(19(24)25)12-23-13-20-21-22-23/h8-9,11,13H,4-7,10,12H2,1-3H3. The van der Waals surface area contributed by atoms with Gasteiger partial charge in [-0.15, -0.1) is 5.10 Å². The molecule has 3 aromatic rings. The van der Waals surface area contributed by atoms with Gasteiger partial charge in [-0.2, -0.15) is 0 Å². The summed E-state index contributed by atoms with van der Waals surface area (Å²) >= 11 is 0. The zero-order chi connectivity index (χ0) is 18.5. The maximum atomic E-state index is 13.2. The first-order valence-electron chi connectivity index (χ1n) is 9.06. The number of fused-ring (bicyclic) bond motifs is 1. The summed E-state index contributed by atoms with van der Waals surface area (Å²) in [5.74, 6) is 0.606. The van der Waals surface area contributed by atoms with E-state index in [-0.39, 0.29) is 12.1 Å². The largest absolute Gasteiger partial charge is 0.495 e. The Bertz CT molecular complexity index is 931. The number of hydrogen-bond acceptors (Lipinski definition) is 5. The molecule has 2 heterocycles. The normalized spacial score (nSPS) is 11.2. The number of tetrazole rings is 1. The van der Waals surface area contributed by atoms with Gasteiger partial charge in [0, 0.05) is 11.9 Å². The first-order valence-corrected chi connectivity index (χ1v) is 9.06. The van der Waals surface area contributed by atoms with E-state index < -0.39 is 0 Å². The third-order valence-corrected chi connectivity index (χ3v) is 4.62. The molecule has 0 saturated heterocycles. The monoisotopic (exact) mass is 355 g/mol. The van der Waals surface area contributed by atoms with E-state index in [0.29, 0.717) is 17.9 Å². The second-order valence-electron chi connectivity index (χ2n) is 6.56. The molecule has 0 amide bonds. The van der Waals surface area contributed by atoms with E-state index in [1.165, 1.54) is 19.2 Å². The minimum atomic E-state index is -0.0369. The van der Waals surface area contributed by atoms with E-state index in [2.05, 4.69) is 28.5 Å². The Labute approximate surface area is 152 Å². The molecule has 0 spiro atoms. The fraction of sp³-hybridized carbons (Fsp3) is 0.474. The number of benzene rings is 1. The van der Waals surface area contributed by atoms with E-state index in [9.17, 15) is 4.79 Å². The summed E-state index contributed by atoms with van der Waals surface area (Å²) in [4.78, 5) is 13.2. The highest BCUT2D eigenvalue weighted by Crippen LogP contribution is 2.29. The topological polar surface area (TPSA) is 74.8 Å². The molecule has 0 bridgehead atoms. The van der Waals surface area contributed by atoms with Crippen molar-refractivity contribution in [2.75, 3.05) is 7.11 Å². The average Bonchev–Trinajstić information content (AvgIpc) is 3.14. The third kappa shape index (κ3) is 3.61. The van der Waals surface area contributed by atoms with Crippen molar-refractivity contribution in [1.82, 2.24) is 24.8 Å². The van der Waals surface area contributed by atoms with Gasteiger partial charge in [0.15, 0.2) is 0 Å². The van der Waals surface area contributed by atoms with Gasteiger partial charge in [-0.25, -0.2) is 4.68 Å². The van der Waals surface area contributed by atoms with Gasteiger partial charge in [0.1, 0.15) is 12.1 Å². The van der Waals surface area contributed by atoms with Crippen LogP contribution in [0, 0.1) is 6.92 Å². The number of aryl methyl sites for hydroxylation is 2. The summed E-state index contributed by atoms with van der Waals surface area (Å²) in [6, 6.07) is 6.11. The molecule has 0 saturated carbocycles. The Hall–Kier alpha value is -2.70. The summed E-state index contributed by atoms with van der Waals surface area (Å²) in [6.45, 7) is 5.21. The first-order chi connectivity index (χ1) is 12.7. The van der Waals surface area contributed by atoms with Gasteiger partial charge in [0.05, 0.1) is 24.7 Å². The minimum absolute atomic E-state index is 0.0369. The lowest BCUT2D eigenvalue weighted by atomic mass is 10.1. The molecule has 26 heavy (non-hydrogen) atoms. The van der Waals surface area contributed by atoms with Crippen LogP contribution in [0.5, 0.6) is 5.75 Å². The highest BCUT2D eigenvalue weighted by atomic mass is 16.5. The van der Waals surface area contributed by atoms with Gasteiger partial charge in [-0.1, -0.05) is 37.8 Å². The van der Waals surface area contributed by atoms with Crippen molar-refractivity contribution in [1.29, 1.82) is 0 Å². The molecule has 1 aromatic carbocycles. The van der Waals surface area contributed by atoms with E-state index >= 15 is 0 Å². The van der Waals surface area contributed by atoms with Crippen LogP contribution >= 0.6 is 0 Å². The highest BCUT2D eigenvalue weighted by molar-refractivity contribution is 5.87. The third-order valence-electron chi connectivity index (χ3n) is 4.62. The van der Waals surface area contributed by atoms with Crippen LogP contribution in [0.3, 0.4) is 0 Å². The number of ether oxygens (including phenoxy) is 1. The molecule has 2 aromatic heterocycles. The Kier molecular flexibility index (Phi) is 5.65. The number of pyridine rings is 1. The summed E-state index contributed by atoms with van der Waals surface area (Å²) in [7, 11) is 1.60. The number of unbranched alkanes of at least 4 members (excludes halogenated alkanes) is 3. The van der Waals surface area contributed by atoms with Crippen LogP contribution in [0.25, 0.3) is 10.9 Å². The predicted molar refractivity (Wildman–Crippen MR) is 101 cm³/mol. The van der Waals surface area contributed by atoms with Crippen LogP contribution in [-0.2, 0) is 13.1 Å². The predicted octanol–water partition coefficient (Wildman–Crippen LogP) is 2.93. The van der Waals surface area contributed by atoms with Crippen molar-refractivity contribution < 1.29 is 4.74 Å². The SMILES string of the molecule is CCCCCCn1c(=O)c(Cn2cnnn2)c(OC)c2cc(C)ccc21. The van der Waals surface area contributed by atoms with Gasteiger partial charge < -0.3 is 9.30 Å². The van der Waals surface area contributed by atoms with Crippen LogP contribution < -0.4 is 10.3 Å². The first kappa shape index (κ1) is 18.1. The Morgan fingerprint density at radius 1 is 1.19 bits per heavy atom. The fourth-order valence-corrected chi connectivity index (χ4v) is 3.31. The van der Waals surface area contributed by atoms with Crippen molar-refractivity contribution in [3.8, 4) is 5.75 Å². The molecule has 0 fully saturated rings. The van der Waals surface area contributed by atoms with Gasteiger partial charge in [-0.05, 0) is 35.9 Å². The van der Waals surface area contributed by atoms with E-state index in [1.54, 1.807) is 11.8 Å². The van der Waals surface area contributed by atoms with Crippen LogP contribution in [0.15, 0.2) is 29.3 Å². The maximum Gasteiger partial charge on any atom is 0.259 e. The molecule has 0 unspecified atom stereocenters. The van der Waals surface area contributed by atoms with Crippen molar-refractivity contribution in [2.45, 2.75) is 52.6 Å². The molecular formula is C19H25N5O2. The fourth-order valence-electron chi connectivity index (χ4n) is 3.31. The number of rotatable bonds is 8. The van der Waals surface area contributed by atoms with Gasteiger partial charge in [0.2, 0.25) is 0 Å². The molecule has 7 heteroatoms. The zero-order valence-electron chi connectivity index (χ0n) is 15.6. The Morgan fingerprint density at radius 2 is 2.04 bits per heavy atom. The van der Waals surface area contributed by atoms with Crippen LogP contribution in [0.4, 0.5) is 0 Å². The van der Waals surface area contributed by atoms with Crippen LogP contribution in [-0.4, -0.2) is 31.9 Å². The zero-order valence-corrected chi connectivity index (χ0v) is 15.6. The molecule has 3 rings (SSSR count). The van der Waals surface area contributed by atoms with Gasteiger partial charge in [-0.3, -0.25) is 4.79 Å². The quantitative estimate of drug-likeness (QED) is 0.581. The molecule has 0 N–H and O–H groups in total. The van der Waals surface area contributed by atoms with Crippen molar-refractivity contribution >= 4 is 10.9 Å². The second-order valence-corrected chi connectivity index (χ2v) is 6.56. The molecule has 0 atom stereocenters. The molecule has 0 aliphatic rings. The minimum Gasteiger partial charge on any atom is -0.495 e.